The average Bonchev–Trinajstić information content (AvgIpc) is 2.80. The lowest BCUT2D eigenvalue weighted by molar-refractivity contribution is 0.101. The topological polar surface area (TPSA) is 106 Å². The maximum absolute atomic E-state index is 11.9. The number of carbonyl (C=O) groups excluding carboxylic acids is 1. The molecule has 4 N–H and O–H groups in total. The van der Waals surface area contributed by atoms with Crippen LogP contribution in [0.3, 0.4) is 0 Å². The van der Waals surface area contributed by atoms with Crippen LogP contribution in [-0.4, -0.2) is 28.2 Å². The number of nitrogen functional groups attached to an aromatic ring is 1. The molecule has 1 amide bonds. The molecule has 0 aliphatic rings. The zero-order valence-corrected chi connectivity index (χ0v) is 10.9. The van der Waals surface area contributed by atoms with Crippen LogP contribution in [0.5, 0.6) is 5.75 Å². The number of H-pyrrole nitrogens is 1. The fourth-order valence-corrected chi connectivity index (χ4v) is 1.83. The summed E-state index contributed by atoms with van der Waals surface area (Å²) >= 11 is 0. The Morgan fingerprint density at radius 1 is 1.42 bits per heavy atom. The van der Waals surface area contributed by atoms with E-state index >= 15 is 0 Å². The third-order valence-electron chi connectivity index (χ3n) is 2.77. The molecule has 1 aromatic carbocycles. The molecule has 0 saturated carbocycles. The number of hydrogen-bond acceptors (Lipinski definition) is 5. The summed E-state index contributed by atoms with van der Waals surface area (Å²) in [5, 5.41) is 8.79. The van der Waals surface area contributed by atoms with Gasteiger partial charge in [0.25, 0.3) is 5.91 Å². The molecule has 0 saturated heterocycles. The van der Waals surface area contributed by atoms with Crippen molar-refractivity contribution in [2.24, 2.45) is 0 Å². The smallest absolute Gasteiger partial charge is 0.293 e. The second-order valence-corrected chi connectivity index (χ2v) is 4.08. The fourth-order valence-electron chi connectivity index (χ4n) is 1.83. The van der Waals surface area contributed by atoms with E-state index in [0.29, 0.717) is 5.69 Å². The van der Waals surface area contributed by atoms with Crippen LogP contribution in [0.25, 0.3) is 0 Å². The van der Waals surface area contributed by atoms with Crippen molar-refractivity contribution < 1.29 is 9.53 Å². The highest BCUT2D eigenvalue weighted by Gasteiger charge is 2.14. The van der Waals surface area contributed by atoms with E-state index in [1.54, 1.807) is 7.11 Å². The van der Waals surface area contributed by atoms with E-state index in [0.717, 1.165) is 16.9 Å². The maximum atomic E-state index is 11.9. The van der Waals surface area contributed by atoms with Crippen molar-refractivity contribution in [1.82, 2.24) is 15.2 Å². The maximum Gasteiger partial charge on any atom is 0.293 e. The second-order valence-electron chi connectivity index (χ2n) is 4.08. The van der Waals surface area contributed by atoms with Gasteiger partial charge < -0.3 is 15.8 Å². The number of nitrogens with zero attached hydrogens (tertiary/aromatic N) is 2. The van der Waals surface area contributed by atoms with Gasteiger partial charge in [0.15, 0.2) is 0 Å². The summed E-state index contributed by atoms with van der Waals surface area (Å²) in [6.07, 6.45) is 0. The first kappa shape index (κ1) is 12.9. The number of nitrogens with one attached hydrogen (secondary N) is 2. The summed E-state index contributed by atoms with van der Waals surface area (Å²) in [5.74, 6) is 0.438. The highest BCUT2D eigenvalue weighted by Crippen LogP contribution is 2.29. The molecule has 0 atom stereocenters. The Bertz CT molecular complexity index is 621. The van der Waals surface area contributed by atoms with E-state index in [2.05, 4.69) is 20.5 Å². The molecule has 2 rings (SSSR count). The number of aryl methyl sites for hydroxylation is 1. The van der Waals surface area contributed by atoms with Crippen LogP contribution in [-0.2, 0) is 0 Å². The number of methoxy groups -OCH3 is 1. The van der Waals surface area contributed by atoms with Gasteiger partial charge in [-0.3, -0.25) is 9.89 Å². The van der Waals surface area contributed by atoms with Gasteiger partial charge in [0.1, 0.15) is 5.75 Å². The molecule has 0 radical (unpaired) electrons. The Labute approximate surface area is 110 Å². The Kier molecular flexibility index (Phi) is 3.37. The Hall–Kier alpha value is -2.57. The van der Waals surface area contributed by atoms with Crippen LogP contribution in [0.1, 0.15) is 21.7 Å². The van der Waals surface area contributed by atoms with E-state index in [-0.39, 0.29) is 11.8 Å². The van der Waals surface area contributed by atoms with Crippen molar-refractivity contribution in [2.45, 2.75) is 13.8 Å². The summed E-state index contributed by atoms with van der Waals surface area (Å²) in [6.45, 7) is 3.81. The molecule has 0 spiro atoms. The summed E-state index contributed by atoms with van der Waals surface area (Å²) in [6, 6.07) is 3.68. The molecule has 0 unspecified atom stereocenters. The molecule has 0 bridgehead atoms. The molecule has 7 nitrogen and oxygen atoms in total. The second kappa shape index (κ2) is 4.97. The minimum absolute atomic E-state index is 0.0309. The molecule has 7 heteroatoms. The van der Waals surface area contributed by atoms with E-state index < -0.39 is 5.91 Å². The van der Waals surface area contributed by atoms with Gasteiger partial charge in [-0.15, -0.1) is 5.10 Å². The molecular formula is C12H15N5O2. The van der Waals surface area contributed by atoms with Crippen molar-refractivity contribution >= 4 is 17.5 Å². The van der Waals surface area contributed by atoms with Gasteiger partial charge in [-0.05, 0) is 25.5 Å². The Morgan fingerprint density at radius 3 is 2.74 bits per heavy atom. The van der Waals surface area contributed by atoms with Crippen molar-refractivity contribution in [2.75, 3.05) is 18.2 Å². The first-order chi connectivity index (χ1) is 9.02. The zero-order chi connectivity index (χ0) is 14.0. The number of anilines is 2. The lowest BCUT2D eigenvalue weighted by Crippen LogP contribution is -2.15. The number of nitrogens with two attached hydrogens (primary N) is 1. The van der Waals surface area contributed by atoms with Crippen LogP contribution < -0.4 is 15.8 Å². The normalized spacial score (nSPS) is 10.3. The molecule has 0 aliphatic heterocycles. The fraction of sp³-hybridized carbons (Fsp3) is 0.250. The number of benzene rings is 1. The van der Waals surface area contributed by atoms with E-state index in [4.69, 9.17) is 10.5 Å². The summed E-state index contributed by atoms with van der Waals surface area (Å²) in [4.78, 5) is 15.7. The number of ether oxygens (including phenoxy) is 1. The molecule has 1 aromatic heterocycles. The lowest BCUT2D eigenvalue weighted by Gasteiger charge is -2.13. The third-order valence-corrected chi connectivity index (χ3v) is 2.77. The molecular weight excluding hydrogens is 246 g/mol. The van der Waals surface area contributed by atoms with Gasteiger partial charge in [0, 0.05) is 11.3 Å². The van der Waals surface area contributed by atoms with Gasteiger partial charge in [-0.25, -0.2) is 0 Å². The Morgan fingerprint density at radius 2 is 2.16 bits per heavy atom. The van der Waals surface area contributed by atoms with Crippen LogP contribution in [0.2, 0.25) is 0 Å². The lowest BCUT2D eigenvalue weighted by atomic mass is 10.1. The molecule has 2 aromatic rings. The monoisotopic (exact) mass is 261 g/mol. The van der Waals surface area contributed by atoms with Crippen molar-refractivity contribution in [3.05, 3.63) is 29.1 Å². The van der Waals surface area contributed by atoms with Gasteiger partial charge >= 0.3 is 0 Å². The Balaban J connectivity index is 2.27. The quantitative estimate of drug-likeness (QED) is 0.771. The molecule has 100 valence electrons. The SMILES string of the molecule is COc1c(C)ccc(NC(=O)c2nc(N)n[nH]2)c1C. The summed E-state index contributed by atoms with van der Waals surface area (Å²) in [5.41, 5.74) is 7.86. The number of rotatable bonds is 3. The van der Waals surface area contributed by atoms with Crippen molar-refractivity contribution in [3.8, 4) is 5.75 Å². The molecule has 0 fully saturated rings. The minimum atomic E-state index is -0.404. The van der Waals surface area contributed by atoms with Gasteiger partial charge in [-0.2, -0.15) is 4.98 Å². The largest absolute Gasteiger partial charge is 0.496 e. The van der Waals surface area contributed by atoms with Crippen molar-refractivity contribution in [1.29, 1.82) is 0 Å². The van der Waals surface area contributed by atoms with Crippen LogP contribution in [0.15, 0.2) is 12.1 Å². The summed E-state index contributed by atoms with van der Waals surface area (Å²) in [7, 11) is 1.60. The van der Waals surface area contributed by atoms with Crippen LogP contribution in [0, 0.1) is 13.8 Å². The van der Waals surface area contributed by atoms with Crippen LogP contribution in [0.4, 0.5) is 11.6 Å². The van der Waals surface area contributed by atoms with E-state index in [1.165, 1.54) is 0 Å². The predicted octanol–water partition coefficient (Wildman–Crippen LogP) is 1.26. The van der Waals surface area contributed by atoms with Gasteiger partial charge in [0.2, 0.25) is 11.8 Å². The number of amides is 1. The van der Waals surface area contributed by atoms with Crippen molar-refractivity contribution in [3.63, 3.8) is 0 Å². The third kappa shape index (κ3) is 2.49. The van der Waals surface area contributed by atoms with Gasteiger partial charge in [-0.1, -0.05) is 6.07 Å². The molecule has 0 aliphatic carbocycles. The zero-order valence-electron chi connectivity index (χ0n) is 10.9. The molecule has 1 heterocycles. The highest BCUT2D eigenvalue weighted by atomic mass is 16.5. The van der Waals surface area contributed by atoms with Gasteiger partial charge in [0.05, 0.1) is 7.11 Å². The number of aromatic nitrogens is 3. The van der Waals surface area contributed by atoms with E-state index in [9.17, 15) is 4.79 Å². The summed E-state index contributed by atoms with van der Waals surface area (Å²) < 4.78 is 5.30. The number of aromatic amines is 1. The first-order valence-corrected chi connectivity index (χ1v) is 5.66. The minimum Gasteiger partial charge on any atom is -0.496 e. The average molecular weight is 261 g/mol. The van der Waals surface area contributed by atoms with Crippen LogP contribution >= 0.6 is 0 Å². The van der Waals surface area contributed by atoms with E-state index in [1.807, 2.05) is 26.0 Å². The predicted molar refractivity (Wildman–Crippen MR) is 71.2 cm³/mol. The molecule has 19 heavy (non-hydrogen) atoms. The highest BCUT2D eigenvalue weighted by molar-refractivity contribution is 6.02. The standard InChI is InChI=1S/C12H15N5O2/c1-6-4-5-8(7(2)9(6)19-3)14-11(18)10-15-12(13)17-16-10/h4-5H,1-3H3,(H,14,18)(H3,13,15,16,17). The number of carbonyl (C=O) groups is 1. The first-order valence-electron chi connectivity index (χ1n) is 5.66. The number of hydrogen-bond donors (Lipinski definition) is 3.